The summed E-state index contributed by atoms with van der Waals surface area (Å²) in [5, 5.41) is 32.2. The number of carbonyl (C=O) groups is 1. The van der Waals surface area contributed by atoms with E-state index in [-0.39, 0.29) is 28.1 Å². The smallest absolute Gasteiger partial charge is 0.338 e. The predicted octanol–water partition coefficient (Wildman–Crippen LogP) is 1.91. The molecule has 3 rings (SSSR count). The van der Waals surface area contributed by atoms with E-state index in [1.807, 2.05) is 0 Å². The van der Waals surface area contributed by atoms with Crippen LogP contribution in [0.25, 0.3) is 21.5 Å². The first-order valence-electron chi connectivity index (χ1n) is 7.59. The van der Waals surface area contributed by atoms with Gasteiger partial charge in [0.2, 0.25) is 0 Å². The van der Waals surface area contributed by atoms with Gasteiger partial charge in [-0.15, -0.1) is 0 Å². The molecule has 3 aromatic carbocycles. The van der Waals surface area contributed by atoms with Gasteiger partial charge >= 0.3 is 5.97 Å². The first-order chi connectivity index (χ1) is 12.4. The molecule has 0 amide bonds. The fraction of sp³-hybridized carbons (Fsp3) is 0.167. The number of rotatable bonds is 4. The number of quaternary nitrogens is 1. The summed E-state index contributed by atoms with van der Waals surface area (Å²) >= 11 is 0. The number of hydrogen-bond donors (Lipinski definition) is 3. The van der Waals surface area contributed by atoms with Crippen molar-refractivity contribution in [1.29, 1.82) is 0 Å². The van der Waals surface area contributed by atoms with Gasteiger partial charge in [0.25, 0.3) is 0 Å². The largest absolute Gasteiger partial charge is 0.595 e. The average Bonchev–Trinajstić information content (AvgIpc) is 2.65. The Hall–Kier alpha value is -3.07. The zero-order valence-electron chi connectivity index (χ0n) is 14.3. The van der Waals surface area contributed by atoms with Gasteiger partial charge in [0.1, 0.15) is 5.75 Å². The van der Waals surface area contributed by atoms with Gasteiger partial charge in [-0.25, -0.2) is 10.0 Å². The molecule has 0 bridgehead atoms. The second-order valence-electron chi connectivity index (χ2n) is 5.50. The molecule has 0 aromatic heterocycles. The number of fused-ring (bicyclic) bond motifs is 3. The normalized spacial score (nSPS) is 12.2. The van der Waals surface area contributed by atoms with Crippen molar-refractivity contribution in [2.24, 2.45) is 0 Å². The van der Waals surface area contributed by atoms with Gasteiger partial charge in [-0.1, -0.05) is 12.1 Å². The highest BCUT2D eigenvalue weighted by molar-refractivity contribution is 6.21. The molecule has 1 unspecified atom stereocenters. The molecule has 0 saturated carbocycles. The third kappa shape index (κ3) is 2.57. The molecule has 0 fully saturated rings. The summed E-state index contributed by atoms with van der Waals surface area (Å²) in [4.78, 5) is 12.2. The van der Waals surface area contributed by atoms with E-state index in [0.29, 0.717) is 21.9 Å². The van der Waals surface area contributed by atoms with Crippen LogP contribution < -0.4 is 14.7 Å². The standard InChI is InChI=1S/C18H17NO7/c1-24-14-6-4-5-9-10(14)7-12(19(22)23)15-11(18(21)26-3)8-13(20)17(25-2)16(9)15/h4-8,19-20,22H,1-3H3. The highest BCUT2D eigenvalue weighted by Gasteiger charge is 2.26. The summed E-state index contributed by atoms with van der Waals surface area (Å²) in [6, 6.07) is 7.72. The lowest BCUT2D eigenvalue weighted by Crippen LogP contribution is -2.99. The summed E-state index contributed by atoms with van der Waals surface area (Å²) in [6.45, 7) is 0. The molecule has 0 saturated heterocycles. The monoisotopic (exact) mass is 359 g/mol. The Bertz CT molecular complexity index is 1010. The van der Waals surface area contributed by atoms with Crippen molar-refractivity contribution in [3.05, 3.63) is 41.1 Å². The number of phenolic OH excluding ortho intramolecular Hbond substituents is 1. The van der Waals surface area contributed by atoms with Crippen LogP contribution >= 0.6 is 0 Å². The first-order valence-corrected chi connectivity index (χ1v) is 7.59. The second-order valence-corrected chi connectivity index (χ2v) is 5.50. The van der Waals surface area contributed by atoms with Crippen molar-refractivity contribution in [2.45, 2.75) is 0 Å². The fourth-order valence-electron chi connectivity index (χ4n) is 3.14. The number of methoxy groups -OCH3 is 3. The molecule has 0 aliphatic heterocycles. The quantitative estimate of drug-likeness (QED) is 0.370. The van der Waals surface area contributed by atoms with Crippen LogP contribution in [0, 0.1) is 5.21 Å². The lowest BCUT2D eigenvalue weighted by atomic mass is 9.94. The Morgan fingerprint density at radius 2 is 1.81 bits per heavy atom. The van der Waals surface area contributed by atoms with Gasteiger partial charge in [-0.3, -0.25) is 0 Å². The molecule has 3 aromatic rings. The van der Waals surface area contributed by atoms with Gasteiger partial charge in [0.05, 0.1) is 32.3 Å². The maximum absolute atomic E-state index is 12.2. The highest BCUT2D eigenvalue weighted by atomic mass is 16.8. The highest BCUT2D eigenvalue weighted by Crippen LogP contribution is 2.45. The van der Waals surface area contributed by atoms with Gasteiger partial charge in [-0.05, 0) is 17.5 Å². The summed E-state index contributed by atoms with van der Waals surface area (Å²) in [5.74, 6) is -0.546. The average molecular weight is 359 g/mol. The maximum atomic E-state index is 12.2. The number of aromatic hydroxyl groups is 1. The van der Waals surface area contributed by atoms with Gasteiger partial charge < -0.3 is 24.5 Å². The molecule has 0 spiro atoms. The van der Waals surface area contributed by atoms with Crippen LogP contribution in [0.15, 0.2) is 30.3 Å². The number of ether oxygens (including phenoxy) is 3. The van der Waals surface area contributed by atoms with Crippen LogP contribution in [0.3, 0.4) is 0 Å². The Morgan fingerprint density at radius 3 is 2.38 bits per heavy atom. The Morgan fingerprint density at radius 1 is 1.08 bits per heavy atom. The molecule has 1 atom stereocenters. The molecule has 8 nitrogen and oxygen atoms in total. The molecule has 0 aliphatic carbocycles. The minimum atomic E-state index is -1.24. The van der Waals surface area contributed by atoms with Crippen molar-refractivity contribution < 1.29 is 34.5 Å². The van der Waals surface area contributed by atoms with E-state index >= 15 is 0 Å². The van der Waals surface area contributed by atoms with E-state index in [9.17, 15) is 20.3 Å². The molecule has 26 heavy (non-hydrogen) atoms. The van der Waals surface area contributed by atoms with Crippen LogP contribution in [0.5, 0.6) is 17.2 Å². The molecule has 0 heterocycles. The zero-order valence-corrected chi connectivity index (χ0v) is 14.3. The lowest BCUT2D eigenvalue weighted by molar-refractivity contribution is -0.990. The molecule has 136 valence electrons. The van der Waals surface area contributed by atoms with Crippen LogP contribution in [0.4, 0.5) is 5.69 Å². The van der Waals surface area contributed by atoms with Crippen molar-refractivity contribution in [1.82, 2.24) is 0 Å². The SMILES string of the molecule is COC(=O)c1cc(O)c(OC)c2c1c([NH+]([O-])O)cc1c(OC)cccc12. The predicted molar refractivity (Wildman–Crippen MR) is 93.3 cm³/mol. The minimum Gasteiger partial charge on any atom is -0.595 e. The van der Waals surface area contributed by atoms with Crippen LogP contribution in [0.1, 0.15) is 10.4 Å². The van der Waals surface area contributed by atoms with Crippen molar-refractivity contribution >= 4 is 33.2 Å². The fourth-order valence-corrected chi connectivity index (χ4v) is 3.14. The van der Waals surface area contributed by atoms with Gasteiger partial charge in [0, 0.05) is 16.8 Å². The zero-order chi connectivity index (χ0) is 19.0. The first kappa shape index (κ1) is 17.7. The molecular weight excluding hydrogens is 342 g/mol. The number of esters is 1. The lowest BCUT2D eigenvalue weighted by Gasteiger charge is -2.20. The molecular formula is C18H17NO7. The number of nitrogens with one attached hydrogen (secondary N) is 1. The topological polar surface area (TPSA) is 113 Å². The summed E-state index contributed by atoms with van der Waals surface area (Å²) in [6.07, 6.45) is 0. The van der Waals surface area contributed by atoms with Crippen LogP contribution in [-0.2, 0) is 4.74 Å². The van der Waals surface area contributed by atoms with Gasteiger partial charge in [0.15, 0.2) is 17.2 Å². The summed E-state index contributed by atoms with van der Waals surface area (Å²) in [7, 11) is 4.00. The number of phenols is 1. The number of hydrogen-bond acceptors (Lipinski definition) is 7. The third-order valence-electron chi connectivity index (χ3n) is 4.21. The Kier molecular flexibility index (Phi) is 4.56. The Labute approximate surface area is 148 Å². The van der Waals surface area contributed by atoms with E-state index in [1.165, 1.54) is 27.4 Å². The Balaban J connectivity index is 2.67. The third-order valence-corrected chi connectivity index (χ3v) is 4.21. The molecule has 8 heteroatoms. The second kappa shape index (κ2) is 6.68. The summed E-state index contributed by atoms with van der Waals surface area (Å²) < 4.78 is 15.4. The van der Waals surface area contributed by atoms with Crippen molar-refractivity contribution in [3.63, 3.8) is 0 Å². The number of carbonyl (C=O) groups excluding carboxylic acids is 1. The van der Waals surface area contributed by atoms with Crippen LogP contribution in [0.2, 0.25) is 0 Å². The van der Waals surface area contributed by atoms with Crippen molar-refractivity contribution in [2.75, 3.05) is 21.3 Å². The maximum Gasteiger partial charge on any atom is 0.338 e. The minimum absolute atomic E-state index is 0.0639. The molecule has 3 N–H and O–H groups in total. The van der Waals surface area contributed by atoms with Crippen LogP contribution in [-0.4, -0.2) is 37.6 Å². The van der Waals surface area contributed by atoms with E-state index in [0.717, 1.165) is 6.07 Å². The van der Waals surface area contributed by atoms with Gasteiger partial charge in [-0.2, -0.15) is 5.23 Å². The molecule has 0 radical (unpaired) electrons. The number of benzene rings is 3. The van der Waals surface area contributed by atoms with E-state index < -0.39 is 11.2 Å². The van der Waals surface area contributed by atoms with Crippen molar-refractivity contribution in [3.8, 4) is 17.2 Å². The van der Waals surface area contributed by atoms with E-state index in [1.54, 1.807) is 18.2 Å². The molecule has 0 aliphatic rings. The van der Waals surface area contributed by atoms with E-state index in [2.05, 4.69) is 0 Å². The summed E-state index contributed by atoms with van der Waals surface area (Å²) in [5.41, 5.74) is -0.196. The van der Waals surface area contributed by atoms with E-state index in [4.69, 9.17) is 14.2 Å².